The van der Waals surface area contributed by atoms with E-state index in [1.165, 1.54) is 12.3 Å². The molecule has 4 heteroatoms. The van der Waals surface area contributed by atoms with E-state index in [4.69, 9.17) is 9.84 Å². The Labute approximate surface area is 176 Å². The number of methoxy groups -OCH3 is 1. The first-order valence-corrected chi connectivity index (χ1v) is 9.17. The molecule has 3 aliphatic rings. The van der Waals surface area contributed by atoms with E-state index in [2.05, 4.69) is 55.0 Å². The molecule has 4 rings (SSSR count). The predicted octanol–water partition coefficient (Wildman–Crippen LogP) is 3.93. The molecule has 0 spiro atoms. The quantitative estimate of drug-likeness (QED) is 0.551. The number of ether oxygens (including phenoxy) is 1. The fourth-order valence-electron chi connectivity index (χ4n) is 3.17. The molecule has 0 N–H and O–H groups in total. The molecule has 10 radical (unpaired) electrons. The number of benzene rings is 1. The van der Waals surface area contributed by atoms with Crippen molar-refractivity contribution >= 4 is 5.71 Å². The molecule has 0 aromatic heterocycles. The fourth-order valence-corrected chi connectivity index (χ4v) is 3.17. The van der Waals surface area contributed by atoms with Crippen LogP contribution >= 0.6 is 0 Å². The van der Waals surface area contributed by atoms with Crippen molar-refractivity contribution in [1.29, 1.82) is 0 Å². The van der Waals surface area contributed by atoms with Crippen LogP contribution < -0.4 is 0 Å². The summed E-state index contributed by atoms with van der Waals surface area (Å²) < 4.78 is 5.32. The second-order valence-corrected chi connectivity index (χ2v) is 6.36. The van der Waals surface area contributed by atoms with Crippen LogP contribution in [0.5, 0.6) is 0 Å². The SMILES string of the molecule is COC[C@@H]1CCCN1/N=C(/[C]1[CH][CH][CH][CH]1)c1ccccc1.[CH]1[CH][CH][CH][CH]1.[Fe+2]. The van der Waals surface area contributed by atoms with Gasteiger partial charge in [0.25, 0.3) is 0 Å². The first-order chi connectivity index (χ1) is 12.9. The number of hydrogen-bond acceptors (Lipinski definition) is 3. The minimum atomic E-state index is 0. The summed E-state index contributed by atoms with van der Waals surface area (Å²) in [6.45, 7) is 1.75. The number of hydrogen-bond donors (Lipinski definition) is 0. The molecule has 1 aliphatic heterocycles. The Bertz CT molecular complexity index is 531. The van der Waals surface area contributed by atoms with E-state index in [1.54, 1.807) is 7.11 Å². The first-order valence-electron chi connectivity index (χ1n) is 9.17. The fraction of sp³-hybridized carbons (Fsp3) is 0.261. The third-order valence-electron chi connectivity index (χ3n) is 4.47. The normalized spacial score (nSPS) is 23.1. The van der Waals surface area contributed by atoms with Gasteiger partial charge in [-0.3, -0.25) is 5.01 Å². The minimum Gasteiger partial charge on any atom is -0.382 e. The monoisotopic (exact) mass is 402 g/mol. The van der Waals surface area contributed by atoms with Crippen molar-refractivity contribution in [2.24, 2.45) is 5.10 Å². The van der Waals surface area contributed by atoms with Crippen LogP contribution in [0.3, 0.4) is 0 Å². The van der Waals surface area contributed by atoms with Crippen LogP contribution in [0.25, 0.3) is 0 Å². The van der Waals surface area contributed by atoms with Crippen LogP contribution in [-0.4, -0.2) is 37.0 Å². The molecule has 1 saturated heterocycles. The standard InChI is InChI=1S/C18H21N2O.C5H5.Fe/c1-21-14-17-12-7-13-20(17)19-18(16-10-5-6-11-16)15-8-3-2-4-9-15;1-2-4-5-3-1;/h2-6,8-11,17H,7,12-14H2,1H3;1-5H;/q;;+2/b19-18+;;/t17-;;/m0../s1. The van der Waals surface area contributed by atoms with Crippen LogP contribution in [0.15, 0.2) is 35.4 Å². The summed E-state index contributed by atoms with van der Waals surface area (Å²) in [5.74, 6) is 1.17. The summed E-state index contributed by atoms with van der Waals surface area (Å²) >= 11 is 0. The molecule has 1 heterocycles. The van der Waals surface area contributed by atoms with Gasteiger partial charge in [-0.25, -0.2) is 0 Å². The molecule has 27 heavy (non-hydrogen) atoms. The Balaban J connectivity index is 0.000000379. The zero-order valence-corrected chi connectivity index (χ0v) is 16.7. The third-order valence-corrected chi connectivity index (χ3v) is 4.47. The van der Waals surface area contributed by atoms with E-state index in [-0.39, 0.29) is 17.1 Å². The summed E-state index contributed by atoms with van der Waals surface area (Å²) in [6, 6.07) is 10.8. The molecule has 1 atom stereocenters. The zero-order valence-electron chi connectivity index (χ0n) is 15.6. The van der Waals surface area contributed by atoms with E-state index >= 15 is 0 Å². The smallest absolute Gasteiger partial charge is 0.382 e. The molecule has 1 aromatic carbocycles. The maximum absolute atomic E-state index is 5.32. The Morgan fingerprint density at radius 3 is 2.22 bits per heavy atom. The summed E-state index contributed by atoms with van der Waals surface area (Å²) in [5, 5.41) is 7.15. The van der Waals surface area contributed by atoms with Crippen molar-refractivity contribution in [3.8, 4) is 0 Å². The maximum atomic E-state index is 5.32. The zero-order chi connectivity index (χ0) is 18.0. The molecule has 0 bridgehead atoms. The van der Waals surface area contributed by atoms with Crippen LogP contribution in [0.2, 0.25) is 0 Å². The van der Waals surface area contributed by atoms with Gasteiger partial charge < -0.3 is 4.74 Å². The van der Waals surface area contributed by atoms with Gasteiger partial charge >= 0.3 is 17.1 Å². The molecule has 2 aliphatic carbocycles. The largest absolute Gasteiger partial charge is 2.00 e. The van der Waals surface area contributed by atoms with Crippen LogP contribution in [0.4, 0.5) is 0 Å². The van der Waals surface area contributed by atoms with Gasteiger partial charge in [0, 0.05) is 19.6 Å². The van der Waals surface area contributed by atoms with Gasteiger partial charge in [-0.1, -0.05) is 30.3 Å². The van der Waals surface area contributed by atoms with E-state index in [9.17, 15) is 0 Å². The molecule has 3 fully saturated rings. The number of nitrogens with zero attached hydrogens (tertiary/aromatic N) is 2. The van der Waals surface area contributed by atoms with Gasteiger partial charge in [-0.15, -0.1) is 0 Å². The van der Waals surface area contributed by atoms with E-state index in [1.807, 2.05) is 38.2 Å². The summed E-state index contributed by atoms with van der Waals surface area (Å²) in [5.41, 5.74) is 2.20. The van der Waals surface area contributed by atoms with Crippen molar-refractivity contribution in [3.05, 3.63) is 99.6 Å². The van der Waals surface area contributed by atoms with Gasteiger partial charge in [-0.05, 0) is 76.2 Å². The van der Waals surface area contributed by atoms with E-state index in [0.717, 1.165) is 30.8 Å². The Morgan fingerprint density at radius 2 is 1.63 bits per heavy atom. The Kier molecular flexibility index (Phi) is 10.5. The molecular formula is C23H26FeN2O+2. The summed E-state index contributed by atoms with van der Waals surface area (Å²) in [7, 11) is 1.76. The molecule has 0 unspecified atom stereocenters. The average Bonchev–Trinajstić information content (AvgIpc) is 3.44. The van der Waals surface area contributed by atoms with E-state index < -0.39 is 0 Å². The second-order valence-electron chi connectivity index (χ2n) is 6.36. The van der Waals surface area contributed by atoms with Gasteiger partial charge in [0.15, 0.2) is 0 Å². The van der Waals surface area contributed by atoms with Gasteiger partial charge in [-0.2, -0.15) is 5.10 Å². The van der Waals surface area contributed by atoms with Gasteiger partial charge in [0.05, 0.1) is 18.4 Å². The minimum absolute atomic E-state index is 0. The number of hydrazone groups is 1. The Morgan fingerprint density at radius 1 is 1.00 bits per heavy atom. The summed E-state index contributed by atoms with van der Waals surface area (Å²) in [6.07, 6.45) is 20.7. The molecule has 3 nitrogen and oxygen atoms in total. The van der Waals surface area contributed by atoms with Crippen LogP contribution in [0.1, 0.15) is 18.4 Å². The molecule has 140 valence electrons. The maximum Gasteiger partial charge on any atom is 2.00 e. The third kappa shape index (κ3) is 6.93. The Hall–Kier alpha value is -0.831. The molecule has 2 saturated carbocycles. The van der Waals surface area contributed by atoms with Crippen molar-refractivity contribution in [3.63, 3.8) is 0 Å². The predicted molar refractivity (Wildman–Crippen MR) is 107 cm³/mol. The van der Waals surface area contributed by atoms with Crippen LogP contribution in [0, 0.1) is 63.7 Å². The molecular weight excluding hydrogens is 376 g/mol. The van der Waals surface area contributed by atoms with Gasteiger partial charge in [0.1, 0.15) is 0 Å². The van der Waals surface area contributed by atoms with Crippen molar-refractivity contribution < 1.29 is 21.8 Å². The number of rotatable bonds is 5. The molecule has 1 aromatic rings. The van der Waals surface area contributed by atoms with E-state index in [0.29, 0.717) is 6.04 Å². The van der Waals surface area contributed by atoms with Crippen molar-refractivity contribution in [2.45, 2.75) is 18.9 Å². The second kappa shape index (κ2) is 12.6. The first kappa shape index (κ1) is 22.5. The molecule has 0 amide bonds. The van der Waals surface area contributed by atoms with Crippen molar-refractivity contribution in [1.82, 2.24) is 5.01 Å². The van der Waals surface area contributed by atoms with Crippen molar-refractivity contribution in [2.75, 3.05) is 20.3 Å². The van der Waals surface area contributed by atoms with Crippen LogP contribution in [-0.2, 0) is 21.8 Å². The average molecular weight is 402 g/mol. The summed E-state index contributed by atoms with van der Waals surface area (Å²) in [4.78, 5) is 0. The topological polar surface area (TPSA) is 24.8 Å². The van der Waals surface area contributed by atoms with Gasteiger partial charge in [0.2, 0.25) is 0 Å².